The molecule has 53 heavy (non-hydrogen) atoms. The second kappa shape index (κ2) is 41.0. The second-order valence-electron chi connectivity index (χ2n) is 15.5. The summed E-state index contributed by atoms with van der Waals surface area (Å²) in [6.07, 6.45) is 46.8. The summed E-state index contributed by atoms with van der Waals surface area (Å²) in [5, 5.41) is 11.9. The van der Waals surface area contributed by atoms with Gasteiger partial charge in [-0.05, 0) is 70.4 Å². The van der Waals surface area contributed by atoms with Crippen LogP contribution in [0.4, 0.5) is 0 Å². The number of carboxylic acids is 1. The van der Waals surface area contributed by atoms with Gasteiger partial charge in [0.15, 0.2) is 0 Å². The molecule has 2 atom stereocenters. The van der Waals surface area contributed by atoms with E-state index in [0.29, 0.717) is 32.2 Å². The third kappa shape index (κ3) is 37.9. The first-order valence-electron chi connectivity index (χ1n) is 22.7. The SMILES string of the molecule is CCCCCC/C=C\C/C=C\C(CCCCCCCCC(=O)NC(CCCN)C(=O)O)OC(=O)CCCCCCCCCCCCCCCCCCC. The Morgan fingerprint density at radius 3 is 1.55 bits per heavy atom. The molecule has 0 aromatic heterocycles. The van der Waals surface area contributed by atoms with Crippen molar-refractivity contribution in [3.8, 4) is 0 Å². The molecule has 0 saturated carbocycles. The fourth-order valence-electron chi connectivity index (χ4n) is 6.81. The third-order valence-electron chi connectivity index (χ3n) is 10.3. The first-order chi connectivity index (χ1) is 25.9. The molecule has 0 rings (SSSR count). The van der Waals surface area contributed by atoms with E-state index < -0.39 is 12.0 Å². The molecule has 0 aromatic rings. The maximum Gasteiger partial charge on any atom is 0.326 e. The van der Waals surface area contributed by atoms with Crippen LogP contribution in [0.1, 0.15) is 232 Å². The van der Waals surface area contributed by atoms with Crippen molar-refractivity contribution in [2.45, 2.75) is 244 Å². The van der Waals surface area contributed by atoms with Crippen molar-refractivity contribution in [2.75, 3.05) is 6.54 Å². The van der Waals surface area contributed by atoms with E-state index in [4.69, 9.17) is 10.5 Å². The van der Waals surface area contributed by atoms with E-state index in [2.05, 4.69) is 43.5 Å². The molecule has 7 heteroatoms. The third-order valence-corrected chi connectivity index (χ3v) is 10.3. The van der Waals surface area contributed by atoms with Crippen LogP contribution in [0.5, 0.6) is 0 Å². The van der Waals surface area contributed by atoms with E-state index in [1.54, 1.807) is 0 Å². The van der Waals surface area contributed by atoms with Gasteiger partial charge >= 0.3 is 11.9 Å². The number of carboxylic acid groups (broad SMARTS) is 1. The maximum atomic E-state index is 12.8. The largest absolute Gasteiger partial charge is 0.480 e. The minimum absolute atomic E-state index is 0.0708. The number of nitrogens with one attached hydrogen (secondary N) is 1. The lowest BCUT2D eigenvalue weighted by atomic mass is 10.0. The maximum absolute atomic E-state index is 12.8. The molecule has 0 aliphatic rings. The highest BCUT2D eigenvalue weighted by Gasteiger charge is 2.18. The minimum atomic E-state index is -1.00. The topological polar surface area (TPSA) is 119 Å². The van der Waals surface area contributed by atoms with Gasteiger partial charge in [0.2, 0.25) is 5.91 Å². The Hall–Kier alpha value is -2.15. The van der Waals surface area contributed by atoms with Crippen LogP contribution in [-0.4, -0.2) is 41.6 Å². The number of ether oxygens (including phenoxy) is 1. The average Bonchev–Trinajstić information content (AvgIpc) is 3.14. The molecule has 7 nitrogen and oxygen atoms in total. The van der Waals surface area contributed by atoms with E-state index in [0.717, 1.165) is 70.6 Å². The summed E-state index contributed by atoms with van der Waals surface area (Å²) >= 11 is 0. The number of nitrogens with two attached hydrogens (primary N) is 1. The van der Waals surface area contributed by atoms with Gasteiger partial charge in [-0.3, -0.25) is 9.59 Å². The van der Waals surface area contributed by atoms with Gasteiger partial charge in [0, 0.05) is 12.8 Å². The average molecular weight is 747 g/mol. The molecule has 0 saturated heterocycles. The quantitative estimate of drug-likeness (QED) is 0.0325. The number of carbonyl (C=O) groups excluding carboxylic acids is 2. The number of hydrogen-bond acceptors (Lipinski definition) is 5. The summed E-state index contributed by atoms with van der Waals surface area (Å²) < 4.78 is 5.95. The lowest BCUT2D eigenvalue weighted by Crippen LogP contribution is -2.40. The molecule has 0 heterocycles. The smallest absolute Gasteiger partial charge is 0.326 e. The Bertz CT molecular complexity index is 889. The fraction of sp³-hybridized carbons (Fsp3) is 0.848. The van der Waals surface area contributed by atoms with Crippen LogP contribution in [0.3, 0.4) is 0 Å². The van der Waals surface area contributed by atoms with Crippen molar-refractivity contribution in [1.82, 2.24) is 5.32 Å². The summed E-state index contributed by atoms with van der Waals surface area (Å²) in [5.41, 5.74) is 5.48. The van der Waals surface area contributed by atoms with Crippen molar-refractivity contribution >= 4 is 17.8 Å². The summed E-state index contributed by atoms with van der Waals surface area (Å²) in [7, 11) is 0. The zero-order chi connectivity index (χ0) is 38.9. The van der Waals surface area contributed by atoms with E-state index in [9.17, 15) is 19.5 Å². The number of hydrogen-bond donors (Lipinski definition) is 3. The van der Waals surface area contributed by atoms with E-state index >= 15 is 0 Å². The van der Waals surface area contributed by atoms with Crippen LogP contribution >= 0.6 is 0 Å². The van der Waals surface area contributed by atoms with Gasteiger partial charge in [-0.2, -0.15) is 0 Å². The second-order valence-corrected chi connectivity index (χ2v) is 15.5. The number of unbranched alkanes of at least 4 members (excludes halogenated alkanes) is 25. The first kappa shape index (κ1) is 50.9. The van der Waals surface area contributed by atoms with Crippen molar-refractivity contribution in [3.05, 3.63) is 24.3 Å². The summed E-state index contributed by atoms with van der Waals surface area (Å²) in [6, 6.07) is -0.854. The molecule has 4 N–H and O–H groups in total. The van der Waals surface area contributed by atoms with E-state index in [1.807, 2.05) is 0 Å². The highest BCUT2D eigenvalue weighted by Crippen LogP contribution is 2.17. The van der Waals surface area contributed by atoms with Crippen LogP contribution in [-0.2, 0) is 19.1 Å². The molecule has 0 aliphatic heterocycles. The first-order valence-corrected chi connectivity index (χ1v) is 22.7. The van der Waals surface area contributed by atoms with Crippen LogP contribution < -0.4 is 11.1 Å². The van der Waals surface area contributed by atoms with Gasteiger partial charge in [0.25, 0.3) is 0 Å². The van der Waals surface area contributed by atoms with Gasteiger partial charge in [0.1, 0.15) is 12.1 Å². The predicted molar refractivity (Wildman–Crippen MR) is 225 cm³/mol. The van der Waals surface area contributed by atoms with Gasteiger partial charge < -0.3 is 20.9 Å². The lowest BCUT2D eigenvalue weighted by molar-refractivity contribution is -0.147. The Morgan fingerprint density at radius 1 is 0.566 bits per heavy atom. The number of aliphatic carboxylic acids is 1. The fourth-order valence-corrected chi connectivity index (χ4v) is 6.81. The van der Waals surface area contributed by atoms with Crippen molar-refractivity contribution in [1.29, 1.82) is 0 Å². The van der Waals surface area contributed by atoms with E-state index in [-0.39, 0.29) is 18.0 Å². The molecule has 2 unspecified atom stereocenters. The number of carbonyl (C=O) groups is 3. The number of allylic oxidation sites excluding steroid dienone is 3. The van der Waals surface area contributed by atoms with Gasteiger partial charge in [-0.15, -0.1) is 0 Å². The van der Waals surface area contributed by atoms with Crippen LogP contribution in [0.2, 0.25) is 0 Å². The van der Waals surface area contributed by atoms with Crippen molar-refractivity contribution in [3.63, 3.8) is 0 Å². The summed E-state index contributed by atoms with van der Waals surface area (Å²) in [4.78, 5) is 36.3. The molecule has 0 fully saturated rings. The molecule has 0 spiro atoms. The number of amides is 1. The molecule has 310 valence electrons. The number of esters is 1. The Morgan fingerprint density at radius 2 is 1.04 bits per heavy atom. The van der Waals surface area contributed by atoms with Gasteiger partial charge in [-0.25, -0.2) is 4.79 Å². The Labute approximate surface area is 327 Å². The predicted octanol–water partition coefficient (Wildman–Crippen LogP) is 12.8. The molecular weight excluding hydrogens is 661 g/mol. The molecule has 0 radical (unpaired) electrons. The highest BCUT2D eigenvalue weighted by molar-refractivity contribution is 5.83. The summed E-state index contributed by atoms with van der Waals surface area (Å²) in [5.74, 6) is -1.28. The Kier molecular flexibility index (Phi) is 39.4. The van der Waals surface area contributed by atoms with Crippen LogP contribution in [0.25, 0.3) is 0 Å². The van der Waals surface area contributed by atoms with Crippen molar-refractivity contribution in [2.24, 2.45) is 5.73 Å². The lowest BCUT2D eigenvalue weighted by Gasteiger charge is -2.15. The molecule has 0 bridgehead atoms. The molecular formula is C46H86N2O5. The zero-order valence-corrected chi connectivity index (χ0v) is 34.9. The Balaban J connectivity index is 4.23. The minimum Gasteiger partial charge on any atom is -0.480 e. The standard InChI is InChI=1S/C46H86N2O5/c1-3-5-7-9-11-13-14-15-16-17-18-19-20-22-24-30-34-40-45(50)53-42(36-31-27-23-21-12-10-8-6-4-2)37-32-28-25-26-29-33-39-44(49)48-43(46(51)52)38-35-41-47/h21,23,31,36,42-43H,3-20,22,24-30,32-35,37-41,47H2,1-2H3,(H,48,49)(H,51,52)/b23-21-,36-31-. The zero-order valence-electron chi connectivity index (χ0n) is 34.9. The van der Waals surface area contributed by atoms with Gasteiger partial charge in [-0.1, -0.05) is 180 Å². The normalized spacial score (nSPS) is 12.8. The molecule has 0 aliphatic carbocycles. The summed E-state index contributed by atoms with van der Waals surface area (Å²) in [6.45, 7) is 4.93. The molecule has 1 amide bonds. The van der Waals surface area contributed by atoms with Crippen molar-refractivity contribution < 1.29 is 24.2 Å². The highest BCUT2D eigenvalue weighted by atomic mass is 16.5. The van der Waals surface area contributed by atoms with Crippen LogP contribution in [0, 0.1) is 0 Å². The van der Waals surface area contributed by atoms with Crippen LogP contribution in [0.15, 0.2) is 24.3 Å². The van der Waals surface area contributed by atoms with E-state index in [1.165, 1.54) is 122 Å². The molecule has 0 aromatic carbocycles. The van der Waals surface area contributed by atoms with Gasteiger partial charge in [0.05, 0.1) is 0 Å². The number of rotatable bonds is 41. The monoisotopic (exact) mass is 747 g/mol.